The van der Waals surface area contributed by atoms with Crippen LogP contribution in [0.3, 0.4) is 0 Å². The molecule has 0 aliphatic rings. The molecule has 0 saturated heterocycles. The number of hydrazone groups is 1. The van der Waals surface area contributed by atoms with E-state index in [0.29, 0.717) is 21.9 Å². The first-order valence-corrected chi connectivity index (χ1v) is 8.06. The molecule has 136 valence electrons. The second-order valence-corrected chi connectivity index (χ2v) is 6.00. The maximum Gasteiger partial charge on any atom is 0.271 e. The number of hydrogen-bond donors (Lipinski definition) is 2. The van der Waals surface area contributed by atoms with Gasteiger partial charge in [-0.15, -0.1) is 0 Å². The van der Waals surface area contributed by atoms with E-state index in [0.717, 1.165) is 5.69 Å². The van der Waals surface area contributed by atoms with Crippen molar-refractivity contribution in [3.05, 3.63) is 58.6 Å². The molecule has 0 aliphatic carbocycles. The van der Waals surface area contributed by atoms with Gasteiger partial charge in [-0.05, 0) is 42.0 Å². The molecule has 0 spiro atoms. The number of nitrogens with two attached hydrogens (primary N) is 1. The number of anilines is 1. The van der Waals surface area contributed by atoms with Crippen LogP contribution in [-0.4, -0.2) is 38.7 Å². The van der Waals surface area contributed by atoms with Gasteiger partial charge in [0, 0.05) is 25.3 Å². The van der Waals surface area contributed by atoms with Crippen LogP contribution in [0.5, 0.6) is 5.75 Å². The maximum atomic E-state index is 12.1. The molecule has 0 unspecified atom stereocenters. The summed E-state index contributed by atoms with van der Waals surface area (Å²) in [5.41, 5.74) is 9.56. The quantitative estimate of drug-likeness (QED) is 0.572. The summed E-state index contributed by atoms with van der Waals surface area (Å²) in [6, 6.07) is 12.1. The van der Waals surface area contributed by atoms with E-state index in [2.05, 4.69) is 10.5 Å². The van der Waals surface area contributed by atoms with Crippen LogP contribution in [0.1, 0.15) is 15.9 Å². The number of rotatable bonds is 7. The van der Waals surface area contributed by atoms with Gasteiger partial charge in [-0.2, -0.15) is 5.10 Å². The highest BCUT2D eigenvalue weighted by atomic mass is 35.5. The number of halogens is 1. The third-order valence-corrected chi connectivity index (χ3v) is 3.63. The molecule has 26 heavy (non-hydrogen) atoms. The number of nitrogens with one attached hydrogen (secondary N) is 1. The van der Waals surface area contributed by atoms with Crippen molar-refractivity contribution < 1.29 is 14.3 Å². The zero-order valence-corrected chi connectivity index (χ0v) is 15.2. The van der Waals surface area contributed by atoms with Crippen LogP contribution in [0, 0.1) is 0 Å². The van der Waals surface area contributed by atoms with Gasteiger partial charge in [-0.25, -0.2) is 5.43 Å². The first-order valence-electron chi connectivity index (χ1n) is 7.68. The summed E-state index contributed by atoms with van der Waals surface area (Å²) in [4.78, 5) is 24.8. The van der Waals surface area contributed by atoms with Gasteiger partial charge in [0.25, 0.3) is 11.8 Å². The van der Waals surface area contributed by atoms with Crippen LogP contribution in [0.2, 0.25) is 5.02 Å². The van der Waals surface area contributed by atoms with E-state index in [4.69, 9.17) is 22.1 Å². The Morgan fingerprint density at radius 3 is 2.69 bits per heavy atom. The SMILES string of the molecule is CN(C)c1cccc(C(=O)NN=Cc2ccc(OCC(N)=O)c(Cl)c2)c1. The standard InChI is InChI=1S/C18H19ClN4O3/c1-23(2)14-5-3-4-13(9-14)18(25)22-21-10-12-6-7-16(15(19)8-12)26-11-17(20)24/h3-10H,11H2,1-2H3,(H2,20,24)(H,22,25). The van der Waals surface area contributed by atoms with Crippen LogP contribution in [0.4, 0.5) is 5.69 Å². The van der Waals surface area contributed by atoms with Gasteiger partial charge in [0.05, 0.1) is 11.2 Å². The number of carbonyl (C=O) groups excluding carboxylic acids is 2. The maximum absolute atomic E-state index is 12.1. The molecule has 0 atom stereocenters. The topological polar surface area (TPSA) is 97.0 Å². The summed E-state index contributed by atoms with van der Waals surface area (Å²) in [7, 11) is 3.80. The Bertz CT molecular complexity index is 837. The van der Waals surface area contributed by atoms with Gasteiger partial charge in [0.2, 0.25) is 0 Å². The number of primary amides is 1. The van der Waals surface area contributed by atoms with Crippen molar-refractivity contribution >= 4 is 35.3 Å². The smallest absolute Gasteiger partial charge is 0.271 e. The number of carbonyl (C=O) groups is 2. The molecular weight excluding hydrogens is 356 g/mol. The molecule has 2 aromatic rings. The molecule has 0 radical (unpaired) electrons. The minimum Gasteiger partial charge on any atom is -0.482 e. The minimum absolute atomic E-state index is 0.255. The summed E-state index contributed by atoms with van der Waals surface area (Å²) in [5, 5.41) is 4.23. The molecule has 0 heterocycles. The van der Waals surface area contributed by atoms with E-state index in [-0.39, 0.29) is 12.5 Å². The van der Waals surface area contributed by atoms with Crippen molar-refractivity contribution in [3.8, 4) is 5.75 Å². The zero-order valence-electron chi connectivity index (χ0n) is 14.4. The summed E-state index contributed by atoms with van der Waals surface area (Å²) in [5.74, 6) is -0.572. The van der Waals surface area contributed by atoms with Crippen LogP contribution in [0.25, 0.3) is 0 Å². The van der Waals surface area contributed by atoms with Crippen molar-refractivity contribution in [1.29, 1.82) is 0 Å². The summed E-state index contributed by atoms with van der Waals surface area (Å²) in [6.45, 7) is -0.255. The molecular formula is C18H19ClN4O3. The second kappa shape index (κ2) is 8.87. The van der Waals surface area contributed by atoms with Gasteiger partial charge in [-0.3, -0.25) is 9.59 Å². The van der Waals surface area contributed by atoms with Gasteiger partial charge in [-0.1, -0.05) is 17.7 Å². The Kier molecular flexibility index (Phi) is 6.57. The third-order valence-electron chi connectivity index (χ3n) is 3.33. The van der Waals surface area contributed by atoms with Crippen molar-refractivity contribution in [2.24, 2.45) is 10.8 Å². The highest BCUT2D eigenvalue weighted by Gasteiger charge is 2.06. The zero-order chi connectivity index (χ0) is 19.1. The van der Waals surface area contributed by atoms with E-state index >= 15 is 0 Å². The normalized spacial score (nSPS) is 10.6. The molecule has 2 aromatic carbocycles. The van der Waals surface area contributed by atoms with Crippen molar-refractivity contribution in [2.75, 3.05) is 25.6 Å². The molecule has 0 saturated carbocycles. The Balaban J connectivity index is 1.99. The molecule has 0 aliphatic heterocycles. The van der Waals surface area contributed by atoms with Gasteiger partial charge >= 0.3 is 0 Å². The lowest BCUT2D eigenvalue weighted by molar-refractivity contribution is -0.119. The van der Waals surface area contributed by atoms with Gasteiger partial charge in [0.1, 0.15) is 5.75 Å². The van der Waals surface area contributed by atoms with Crippen LogP contribution in [-0.2, 0) is 4.79 Å². The van der Waals surface area contributed by atoms with Crippen LogP contribution < -0.4 is 20.8 Å². The number of hydrogen-bond acceptors (Lipinski definition) is 5. The van der Waals surface area contributed by atoms with E-state index in [9.17, 15) is 9.59 Å². The highest BCUT2D eigenvalue weighted by Crippen LogP contribution is 2.24. The summed E-state index contributed by atoms with van der Waals surface area (Å²) < 4.78 is 5.16. The molecule has 8 heteroatoms. The molecule has 0 bridgehead atoms. The molecule has 2 rings (SSSR count). The number of nitrogens with zero attached hydrogens (tertiary/aromatic N) is 2. The predicted octanol–water partition coefficient (Wildman–Crippen LogP) is 2.03. The monoisotopic (exact) mass is 374 g/mol. The molecule has 2 amide bonds. The fraction of sp³-hybridized carbons (Fsp3) is 0.167. The Hall–Kier alpha value is -3.06. The lowest BCUT2D eigenvalue weighted by Crippen LogP contribution is -2.20. The van der Waals surface area contributed by atoms with Crippen molar-refractivity contribution in [1.82, 2.24) is 5.43 Å². The first-order chi connectivity index (χ1) is 12.4. The van der Waals surface area contributed by atoms with Crippen molar-refractivity contribution in [2.45, 2.75) is 0 Å². The molecule has 3 N–H and O–H groups in total. The summed E-state index contributed by atoms with van der Waals surface area (Å²) >= 11 is 6.07. The largest absolute Gasteiger partial charge is 0.482 e. The van der Waals surface area contributed by atoms with E-state index in [1.54, 1.807) is 36.4 Å². The van der Waals surface area contributed by atoms with Crippen molar-refractivity contribution in [3.63, 3.8) is 0 Å². The molecule has 7 nitrogen and oxygen atoms in total. The average molecular weight is 375 g/mol. The predicted molar refractivity (Wildman–Crippen MR) is 102 cm³/mol. The number of amides is 2. The number of ether oxygens (including phenoxy) is 1. The minimum atomic E-state index is -0.590. The summed E-state index contributed by atoms with van der Waals surface area (Å²) in [6.07, 6.45) is 1.46. The Morgan fingerprint density at radius 1 is 1.27 bits per heavy atom. The fourth-order valence-corrected chi connectivity index (χ4v) is 2.26. The van der Waals surface area contributed by atoms with E-state index < -0.39 is 5.91 Å². The van der Waals surface area contributed by atoms with Gasteiger partial charge in [0.15, 0.2) is 6.61 Å². The first kappa shape index (κ1) is 19.3. The van der Waals surface area contributed by atoms with Crippen LogP contribution >= 0.6 is 11.6 Å². The van der Waals surface area contributed by atoms with E-state index in [1.165, 1.54) is 6.21 Å². The highest BCUT2D eigenvalue weighted by molar-refractivity contribution is 6.32. The Labute approximate surface area is 156 Å². The number of benzene rings is 2. The lowest BCUT2D eigenvalue weighted by atomic mass is 10.2. The third kappa shape index (κ3) is 5.49. The fourth-order valence-electron chi connectivity index (χ4n) is 2.02. The average Bonchev–Trinajstić information content (AvgIpc) is 2.60. The Morgan fingerprint density at radius 2 is 2.04 bits per heavy atom. The van der Waals surface area contributed by atoms with Gasteiger partial charge < -0.3 is 15.4 Å². The lowest BCUT2D eigenvalue weighted by Gasteiger charge is -2.12. The van der Waals surface area contributed by atoms with E-state index in [1.807, 2.05) is 25.1 Å². The second-order valence-electron chi connectivity index (χ2n) is 5.59. The molecule has 0 aromatic heterocycles. The molecule has 0 fully saturated rings. The van der Waals surface area contributed by atoms with Crippen LogP contribution in [0.15, 0.2) is 47.6 Å².